The van der Waals surface area contributed by atoms with Crippen molar-refractivity contribution >= 4 is 11.8 Å². The third-order valence-electron chi connectivity index (χ3n) is 4.23. The fourth-order valence-electron chi connectivity index (χ4n) is 3.35. The Morgan fingerprint density at radius 2 is 1.29 bits per heavy atom. The second-order valence-electron chi connectivity index (χ2n) is 5.28. The van der Waals surface area contributed by atoms with E-state index in [1.165, 1.54) is 57.8 Å². The average molecular weight is 212 g/mol. The van der Waals surface area contributed by atoms with Crippen molar-refractivity contribution in [1.82, 2.24) is 0 Å². The lowest BCUT2D eigenvalue weighted by molar-refractivity contribution is 0.328. The van der Waals surface area contributed by atoms with Gasteiger partial charge >= 0.3 is 0 Å². The van der Waals surface area contributed by atoms with Gasteiger partial charge in [0, 0.05) is 5.25 Å². The van der Waals surface area contributed by atoms with Crippen molar-refractivity contribution in [2.24, 2.45) is 11.8 Å². The van der Waals surface area contributed by atoms with Gasteiger partial charge in [0.2, 0.25) is 0 Å². The average Bonchev–Trinajstić information content (AvgIpc) is 2.32. The minimum absolute atomic E-state index is 0.989. The molecule has 0 saturated heterocycles. The van der Waals surface area contributed by atoms with Crippen LogP contribution in [0.15, 0.2) is 0 Å². The normalized spacial score (nSPS) is 39.6. The Balaban J connectivity index is 2.02. The zero-order chi connectivity index (χ0) is 9.80. The van der Waals surface area contributed by atoms with Crippen molar-refractivity contribution in [3.63, 3.8) is 0 Å². The first kappa shape index (κ1) is 10.9. The van der Waals surface area contributed by atoms with E-state index in [1.54, 1.807) is 0 Å². The second-order valence-corrected chi connectivity index (χ2v) is 6.41. The summed E-state index contributed by atoms with van der Waals surface area (Å²) in [7, 11) is 0. The third kappa shape index (κ3) is 2.92. The van der Waals surface area contributed by atoms with Gasteiger partial charge in [-0.3, -0.25) is 0 Å². The predicted octanol–water partition coefficient (Wildman–Crippen LogP) is 4.49. The molecular weight excluding hydrogens is 188 g/mol. The molecule has 0 amide bonds. The lowest BCUT2D eigenvalue weighted by atomic mass is 9.85. The van der Waals surface area contributed by atoms with Crippen molar-refractivity contribution < 1.29 is 0 Å². The SMILES string of the molecule is CSC1CC2CCCCC(CCC2)C1. The summed E-state index contributed by atoms with van der Waals surface area (Å²) in [4.78, 5) is 0. The zero-order valence-electron chi connectivity index (χ0n) is 9.50. The molecule has 82 valence electrons. The molecule has 2 atom stereocenters. The number of thioether (sulfide) groups is 1. The summed E-state index contributed by atoms with van der Waals surface area (Å²) >= 11 is 2.13. The summed E-state index contributed by atoms with van der Waals surface area (Å²) in [6.45, 7) is 0. The Morgan fingerprint density at radius 3 is 1.79 bits per heavy atom. The Bertz CT molecular complexity index is 147. The second kappa shape index (κ2) is 5.44. The van der Waals surface area contributed by atoms with Crippen molar-refractivity contribution in [2.45, 2.75) is 63.0 Å². The van der Waals surface area contributed by atoms with Gasteiger partial charge in [-0.05, 0) is 30.9 Å². The minimum atomic E-state index is 0.989. The van der Waals surface area contributed by atoms with E-state index in [9.17, 15) is 0 Å². The Labute approximate surface area is 93.2 Å². The molecule has 0 nitrogen and oxygen atoms in total. The van der Waals surface area contributed by atoms with E-state index in [4.69, 9.17) is 0 Å². The van der Waals surface area contributed by atoms with Crippen LogP contribution in [0.4, 0.5) is 0 Å². The van der Waals surface area contributed by atoms with E-state index in [0.29, 0.717) is 0 Å². The highest BCUT2D eigenvalue weighted by molar-refractivity contribution is 7.99. The number of hydrogen-bond donors (Lipinski definition) is 0. The van der Waals surface area contributed by atoms with Gasteiger partial charge in [-0.1, -0.05) is 44.9 Å². The van der Waals surface area contributed by atoms with E-state index in [2.05, 4.69) is 18.0 Å². The highest BCUT2D eigenvalue weighted by atomic mass is 32.2. The first-order chi connectivity index (χ1) is 6.88. The molecule has 2 bridgehead atoms. The van der Waals surface area contributed by atoms with Crippen LogP contribution >= 0.6 is 11.8 Å². The van der Waals surface area contributed by atoms with E-state index in [-0.39, 0.29) is 0 Å². The lowest BCUT2D eigenvalue weighted by Gasteiger charge is -2.27. The molecule has 0 radical (unpaired) electrons. The summed E-state index contributed by atoms with van der Waals surface area (Å²) in [6.07, 6.45) is 16.1. The Hall–Kier alpha value is 0.350. The molecule has 0 spiro atoms. The van der Waals surface area contributed by atoms with E-state index >= 15 is 0 Å². The van der Waals surface area contributed by atoms with Gasteiger partial charge in [0.1, 0.15) is 0 Å². The minimum Gasteiger partial charge on any atom is -0.162 e. The highest BCUT2D eigenvalue weighted by Gasteiger charge is 2.24. The number of rotatable bonds is 1. The fourth-order valence-corrected chi connectivity index (χ4v) is 4.28. The Morgan fingerprint density at radius 1 is 0.786 bits per heavy atom. The summed E-state index contributed by atoms with van der Waals surface area (Å²) < 4.78 is 0. The van der Waals surface area contributed by atoms with E-state index < -0.39 is 0 Å². The van der Waals surface area contributed by atoms with Crippen molar-refractivity contribution in [2.75, 3.05) is 6.26 Å². The van der Waals surface area contributed by atoms with Gasteiger partial charge in [-0.15, -0.1) is 0 Å². The molecule has 0 aliphatic heterocycles. The van der Waals surface area contributed by atoms with Gasteiger partial charge in [0.15, 0.2) is 0 Å². The van der Waals surface area contributed by atoms with E-state index in [0.717, 1.165) is 17.1 Å². The quantitative estimate of drug-likeness (QED) is 0.617. The molecule has 0 heterocycles. The summed E-state index contributed by atoms with van der Waals surface area (Å²) in [5, 5.41) is 0.989. The van der Waals surface area contributed by atoms with Crippen LogP contribution < -0.4 is 0 Å². The maximum atomic E-state index is 2.32. The monoisotopic (exact) mass is 212 g/mol. The molecule has 3 saturated carbocycles. The molecule has 3 aliphatic carbocycles. The topological polar surface area (TPSA) is 0 Å². The predicted molar refractivity (Wildman–Crippen MR) is 65.8 cm³/mol. The fraction of sp³-hybridized carbons (Fsp3) is 1.00. The Kier molecular flexibility index (Phi) is 4.22. The van der Waals surface area contributed by atoms with Crippen LogP contribution in [0.2, 0.25) is 0 Å². The van der Waals surface area contributed by atoms with Crippen molar-refractivity contribution in [1.29, 1.82) is 0 Å². The summed E-state index contributed by atoms with van der Waals surface area (Å²) in [5.74, 6) is 2.15. The standard InChI is InChI=1S/C13H24S/c1-14-13-9-11-5-2-3-6-12(10-13)8-4-7-11/h11-13H,2-10H2,1H3. The molecule has 3 rings (SSSR count). The number of fused-ring (bicyclic) bond motifs is 7. The van der Waals surface area contributed by atoms with Crippen molar-refractivity contribution in [3.8, 4) is 0 Å². The lowest BCUT2D eigenvalue weighted by Crippen LogP contribution is -2.17. The molecule has 0 aromatic rings. The summed E-state index contributed by atoms with van der Waals surface area (Å²) in [6, 6.07) is 0. The first-order valence-corrected chi connectivity index (χ1v) is 7.70. The molecule has 1 heteroatoms. The maximum absolute atomic E-state index is 2.32. The molecule has 0 aromatic carbocycles. The molecule has 3 fully saturated rings. The molecule has 3 aliphatic rings. The van der Waals surface area contributed by atoms with Crippen LogP contribution in [-0.4, -0.2) is 11.5 Å². The summed E-state index contributed by atoms with van der Waals surface area (Å²) in [5.41, 5.74) is 0. The van der Waals surface area contributed by atoms with Crippen molar-refractivity contribution in [3.05, 3.63) is 0 Å². The van der Waals surface area contributed by atoms with Gasteiger partial charge in [-0.2, -0.15) is 11.8 Å². The van der Waals surface area contributed by atoms with Gasteiger partial charge in [-0.25, -0.2) is 0 Å². The van der Waals surface area contributed by atoms with Crippen LogP contribution in [0.3, 0.4) is 0 Å². The van der Waals surface area contributed by atoms with Crippen LogP contribution in [0, 0.1) is 11.8 Å². The van der Waals surface area contributed by atoms with Crippen LogP contribution in [0.5, 0.6) is 0 Å². The number of hydrogen-bond acceptors (Lipinski definition) is 1. The molecule has 2 unspecified atom stereocenters. The van der Waals surface area contributed by atoms with Gasteiger partial charge < -0.3 is 0 Å². The van der Waals surface area contributed by atoms with Crippen LogP contribution in [0.1, 0.15) is 57.8 Å². The van der Waals surface area contributed by atoms with Crippen LogP contribution in [0.25, 0.3) is 0 Å². The smallest absolute Gasteiger partial charge is 0.00495 e. The highest BCUT2D eigenvalue weighted by Crippen LogP contribution is 2.37. The van der Waals surface area contributed by atoms with Crippen LogP contribution in [-0.2, 0) is 0 Å². The third-order valence-corrected chi connectivity index (χ3v) is 5.28. The molecule has 0 N–H and O–H groups in total. The maximum Gasteiger partial charge on any atom is 0.00495 e. The van der Waals surface area contributed by atoms with Gasteiger partial charge in [0.25, 0.3) is 0 Å². The van der Waals surface area contributed by atoms with E-state index in [1.807, 2.05) is 0 Å². The molecule has 14 heavy (non-hydrogen) atoms. The largest absolute Gasteiger partial charge is 0.162 e. The molecule has 0 aromatic heterocycles. The van der Waals surface area contributed by atoms with Gasteiger partial charge in [0.05, 0.1) is 0 Å². The first-order valence-electron chi connectivity index (χ1n) is 6.41. The molecular formula is C13H24S. The zero-order valence-corrected chi connectivity index (χ0v) is 10.3.